The van der Waals surface area contributed by atoms with Crippen LogP contribution in [0.4, 0.5) is 0 Å². The quantitative estimate of drug-likeness (QED) is 0.390. The number of pyridine rings is 1. The van der Waals surface area contributed by atoms with Crippen LogP contribution in [0.5, 0.6) is 0 Å². The van der Waals surface area contributed by atoms with Gasteiger partial charge in [-0.15, -0.1) is 0 Å². The summed E-state index contributed by atoms with van der Waals surface area (Å²) in [6, 6.07) is 3.31. The molecule has 1 saturated carbocycles. The monoisotopic (exact) mass is 444 g/mol. The first-order valence-corrected chi connectivity index (χ1v) is 14.1. The summed E-state index contributed by atoms with van der Waals surface area (Å²) in [5.74, 6) is 1.61. The summed E-state index contributed by atoms with van der Waals surface area (Å²) in [7, 11) is -1.79. The molecule has 28 heavy (non-hydrogen) atoms. The molecular weight excluding hydrogens is 407 g/mol. The summed E-state index contributed by atoms with van der Waals surface area (Å²) >= 11 is 13.0. The van der Waals surface area contributed by atoms with Crippen LogP contribution in [0.25, 0.3) is 0 Å². The second kappa shape index (κ2) is 10.3. The molecule has 1 fully saturated rings. The van der Waals surface area contributed by atoms with Crippen LogP contribution in [-0.2, 0) is 4.43 Å². The van der Waals surface area contributed by atoms with E-state index in [1.807, 2.05) is 0 Å². The Hall–Kier alpha value is -0.133. The topological polar surface area (TPSA) is 34.1 Å². The van der Waals surface area contributed by atoms with E-state index in [4.69, 9.17) is 27.6 Å². The summed E-state index contributed by atoms with van der Waals surface area (Å²) in [4.78, 5) is 4.12. The average Bonchev–Trinajstić information content (AvgIpc) is 2.59. The summed E-state index contributed by atoms with van der Waals surface area (Å²) in [6.45, 7) is 15.6. The van der Waals surface area contributed by atoms with Gasteiger partial charge >= 0.3 is 0 Å². The second-order valence-electron chi connectivity index (χ2n) is 9.43. The number of rotatable bonds is 10. The Labute approximate surface area is 183 Å². The smallest absolute Gasteiger partial charge is 0.192 e. The van der Waals surface area contributed by atoms with Crippen molar-refractivity contribution in [3.63, 3.8) is 0 Å². The van der Waals surface area contributed by atoms with Crippen molar-refractivity contribution in [2.45, 2.75) is 78.6 Å². The first kappa shape index (κ1) is 24.1. The van der Waals surface area contributed by atoms with Crippen LogP contribution >= 0.6 is 23.2 Å². The number of hydrogen-bond donors (Lipinski definition) is 1. The Morgan fingerprint density at radius 3 is 2.11 bits per heavy atom. The maximum absolute atomic E-state index is 6.82. The molecule has 1 N–H and O–H groups in total. The largest absolute Gasteiger partial charge is 0.409 e. The SMILES string of the molecule is CC[Si](CC)(CC)OC(CNC[C@H]1C[C@@H](C(C)(C)C)C1)c1c(Cl)cncc1Cl. The predicted octanol–water partition coefficient (Wildman–Crippen LogP) is 7.11. The van der Waals surface area contributed by atoms with Gasteiger partial charge in [-0.3, -0.25) is 4.98 Å². The lowest BCUT2D eigenvalue weighted by Gasteiger charge is -2.44. The molecule has 2 rings (SSSR count). The zero-order valence-corrected chi connectivity index (χ0v) is 21.0. The zero-order chi connectivity index (χ0) is 20.9. The molecule has 3 nitrogen and oxygen atoms in total. The maximum atomic E-state index is 6.82. The first-order valence-electron chi connectivity index (χ1n) is 10.8. The molecule has 0 amide bonds. The maximum Gasteiger partial charge on any atom is 0.192 e. The number of halogens is 2. The van der Waals surface area contributed by atoms with E-state index in [1.165, 1.54) is 12.8 Å². The molecule has 0 radical (unpaired) electrons. The second-order valence-corrected chi connectivity index (χ2v) is 15.0. The third kappa shape index (κ3) is 5.95. The highest BCUT2D eigenvalue weighted by Gasteiger charge is 2.37. The van der Waals surface area contributed by atoms with Crippen molar-refractivity contribution in [3.8, 4) is 0 Å². The van der Waals surface area contributed by atoms with E-state index in [-0.39, 0.29) is 6.10 Å². The Kier molecular flexibility index (Phi) is 8.84. The van der Waals surface area contributed by atoms with E-state index in [2.05, 4.69) is 51.8 Å². The molecule has 1 aliphatic carbocycles. The van der Waals surface area contributed by atoms with Gasteiger partial charge in [-0.25, -0.2) is 0 Å². The van der Waals surface area contributed by atoms with Crippen LogP contribution in [0.15, 0.2) is 12.4 Å². The van der Waals surface area contributed by atoms with E-state index < -0.39 is 8.32 Å². The van der Waals surface area contributed by atoms with E-state index >= 15 is 0 Å². The molecule has 0 spiro atoms. The third-order valence-electron chi connectivity index (χ3n) is 6.76. The van der Waals surface area contributed by atoms with E-state index in [0.29, 0.717) is 15.5 Å². The molecule has 0 aliphatic heterocycles. The van der Waals surface area contributed by atoms with Gasteiger partial charge in [-0.2, -0.15) is 0 Å². The average molecular weight is 446 g/mol. The van der Waals surface area contributed by atoms with E-state index in [0.717, 1.165) is 48.6 Å². The molecule has 160 valence electrons. The molecule has 0 aromatic carbocycles. The van der Waals surface area contributed by atoms with Crippen molar-refractivity contribution in [2.24, 2.45) is 17.3 Å². The standard InChI is InChI=1S/C22H38Cl2N2OSi/c1-7-28(8-2,9-3)27-20(21-18(23)13-26-14-19(21)24)15-25-12-16-10-17(11-16)22(4,5)6/h13-14,16-17,20,25H,7-12,15H2,1-6H3/t16-,17+,20?. The summed E-state index contributed by atoms with van der Waals surface area (Å²) in [5.41, 5.74) is 1.31. The Bertz CT molecular complexity index is 597. The van der Waals surface area contributed by atoms with E-state index in [9.17, 15) is 0 Å². The third-order valence-corrected chi connectivity index (χ3v) is 12.0. The van der Waals surface area contributed by atoms with Gasteiger partial charge in [0.25, 0.3) is 0 Å². The van der Waals surface area contributed by atoms with Crippen molar-refractivity contribution in [2.75, 3.05) is 13.1 Å². The van der Waals surface area contributed by atoms with Gasteiger partial charge in [0.1, 0.15) is 0 Å². The predicted molar refractivity (Wildman–Crippen MR) is 124 cm³/mol. The summed E-state index contributed by atoms with van der Waals surface area (Å²) in [5, 5.41) is 4.86. The van der Waals surface area contributed by atoms with Gasteiger partial charge in [0.15, 0.2) is 8.32 Å². The fourth-order valence-corrected chi connectivity index (χ4v) is 7.67. The number of hydrogen-bond acceptors (Lipinski definition) is 3. The molecule has 1 heterocycles. The van der Waals surface area contributed by atoms with Crippen molar-refractivity contribution in [1.82, 2.24) is 10.3 Å². The van der Waals surface area contributed by atoms with E-state index in [1.54, 1.807) is 12.4 Å². The van der Waals surface area contributed by atoms with Crippen molar-refractivity contribution in [1.29, 1.82) is 0 Å². The molecule has 1 unspecified atom stereocenters. The molecule has 0 saturated heterocycles. The molecule has 1 aromatic heterocycles. The van der Waals surface area contributed by atoms with Gasteiger partial charge in [-0.05, 0) is 54.8 Å². The van der Waals surface area contributed by atoms with Gasteiger partial charge < -0.3 is 9.74 Å². The fourth-order valence-electron chi connectivity index (χ4n) is 4.26. The summed E-state index contributed by atoms with van der Waals surface area (Å²) in [6.07, 6.45) is 5.86. The van der Waals surface area contributed by atoms with Gasteiger partial charge in [0.05, 0.1) is 16.1 Å². The van der Waals surface area contributed by atoms with Gasteiger partial charge in [0, 0.05) is 24.5 Å². The molecule has 0 bridgehead atoms. The molecular formula is C22H38Cl2N2OSi. The minimum atomic E-state index is -1.79. The first-order chi connectivity index (χ1) is 13.2. The van der Waals surface area contributed by atoms with Crippen LogP contribution in [0.2, 0.25) is 28.2 Å². The highest BCUT2D eigenvalue weighted by atomic mass is 35.5. The Balaban J connectivity index is 2.05. The highest BCUT2D eigenvalue weighted by Crippen LogP contribution is 2.45. The molecule has 6 heteroatoms. The lowest BCUT2D eigenvalue weighted by Crippen LogP contribution is -2.42. The van der Waals surface area contributed by atoms with Crippen LogP contribution in [0.3, 0.4) is 0 Å². The molecule has 1 aromatic rings. The van der Waals surface area contributed by atoms with Gasteiger partial charge in [-0.1, -0.05) is 64.7 Å². The molecule has 1 aliphatic rings. The van der Waals surface area contributed by atoms with Crippen molar-refractivity contribution >= 4 is 31.5 Å². The van der Waals surface area contributed by atoms with Crippen molar-refractivity contribution in [3.05, 3.63) is 28.0 Å². The van der Waals surface area contributed by atoms with Crippen LogP contribution in [0, 0.1) is 17.3 Å². The number of nitrogens with one attached hydrogen (secondary N) is 1. The lowest BCUT2D eigenvalue weighted by atomic mass is 9.63. The minimum Gasteiger partial charge on any atom is -0.409 e. The Morgan fingerprint density at radius 1 is 1.11 bits per heavy atom. The van der Waals surface area contributed by atoms with Gasteiger partial charge in [0.2, 0.25) is 0 Å². The lowest BCUT2D eigenvalue weighted by molar-refractivity contribution is 0.0731. The Morgan fingerprint density at radius 2 is 1.64 bits per heavy atom. The van der Waals surface area contributed by atoms with Crippen molar-refractivity contribution < 1.29 is 4.43 Å². The van der Waals surface area contributed by atoms with Crippen LogP contribution in [0.1, 0.15) is 66.1 Å². The summed E-state index contributed by atoms with van der Waals surface area (Å²) < 4.78 is 6.82. The zero-order valence-electron chi connectivity index (χ0n) is 18.4. The van der Waals surface area contributed by atoms with Crippen LogP contribution < -0.4 is 5.32 Å². The normalized spacial score (nSPS) is 21.4. The number of aromatic nitrogens is 1. The fraction of sp³-hybridized carbons (Fsp3) is 0.773. The molecule has 1 atom stereocenters. The minimum absolute atomic E-state index is 0.118. The highest BCUT2D eigenvalue weighted by molar-refractivity contribution is 6.73. The van der Waals surface area contributed by atoms with Crippen LogP contribution in [-0.4, -0.2) is 26.4 Å². The number of nitrogens with zero attached hydrogens (tertiary/aromatic N) is 1.